The lowest BCUT2D eigenvalue weighted by molar-refractivity contribution is 0.0174. The summed E-state index contributed by atoms with van der Waals surface area (Å²) >= 11 is 0. The summed E-state index contributed by atoms with van der Waals surface area (Å²) in [4.78, 5) is 0. The van der Waals surface area contributed by atoms with Crippen molar-refractivity contribution in [3.8, 4) is 0 Å². The molecule has 2 atom stereocenters. The standard InChI is InChI=1S/C19H24O2/c1-18(20,16-10-5-3-6-11-16)14-9-15-19(2,21)17-12-7-4-8-13-17/h3-8,10-13,20-21H,9,14-15H2,1-2H3. The van der Waals surface area contributed by atoms with Crippen LogP contribution in [0.1, 0.15) is 44.2 Å². The zero-order valence-corrected chi connectivity index (χ0v) is 12.8. The molecule has 112 valence electrons. The summed E-state index contributed by atoms with van der Waals surface area (Å²) < 4.78 is 0. The van der Waals surface area contributed by atoms with E-state index < -0.39 is 11.2 Å². The third-order valence-corrected chi connectivity index (χ3v) is 4.12. The van der Waals surface area contributed by atoms with Crippen molar-refractivity contribution in [1.29, 1.82) is 0 Å². The molecule has 2 N–H and O–H groups in total. The van der Waals surface area contributed by atoms with Crippen LogP contribution < -0.4 is 0 Å². The average molecular weight is 284 g/mol. The molecule has 0 fully saturated rings. The van der Waals surface area contributed by atoms with Gasteiger partial charge in [-0.1, -0.05) is 60.7 Å². The van der Waals surface area contributed by atoms with Gasteiger partial charge in [-0.25, -0.2) is 0 Å². The normalized spacial score (nSPS) is 17.0. The maximum absolute atomic E-state index is 10.6. The van der Waals surface area contributed by atoms with E-state index in [2.05, 4.69) is 0 Å². The van der Waals surface area contributed by atoms with Gasteiger partial charge >= 0.3 is 0 Å². The second-order valence-electron chi connectivity index (χ2n) is 6.13. The summed E-state index contributed by atoms with van der Waals surface area (Å²) in [5.41, 5.74) is 0.135. The second-order valence-corrected chi connectivity index (χ2v) is 6.13. The van der Waals surface area contributed by atoms with E-state index in [1.807, 2.05) is 74.5 Å². The van der Waals surface area contributed by atoms with E-state index in [-0.39, 0.29) is 0 Å². The van der Waals surface area contributed by atoms with Crippen LogP contribution >= 0.6 is 0 Å². The number of hydrogen-bond donors (Lipinski definition) is 2. The summed E-state index contributed by atoms with van der Waals surface area (Å²) in [5.74, 6) is 0. The zero-order valence-electron chi connectivity index (χ0n) is 12.8. The molecular formula is C19H24O2. The van der Waals surface area contributed by atoms with Gasteiger partial charge in [0.1, 0.15) is 0 Å². The summed E-state index contributed by atoms with van der Waals surface area (Å²) in [6.07, 6.45) is 2.00. The van der Waals surface area contributed by atoms with Crippen molar-refractivity contribution in [2.24, 2.45) is 0 Å². The first kappa shape index (κ1) is 15.7. The molecule has 0 bridgehead atoms. The van der Waals surface area contributed by atoms with E-state index in [0.717, 1.165) is 17.5 Å². The Hall–Kier alpha value is -1.64. The van der Waals surface area contributed by atoms with Gasteiger partial charge < -0.3 is 10.2 Å². The van der Waals surface area contributed by atoms with E-state index in [1.165, 1.54) is 0 Å². The lowest BCUT2D eigenvalue weighted by Gasteiger charge is -2.28. The molecule has 0 aliphatic carbocycles. The first-order chi connectivity index (χ1) is 9.92. The minimum atomic E-state index is -0.853. The van der Waals surface area contributed by atoms with Gasteiger partial charge in [0.25, 0.3) is 0 Å². The Morgan fingerprint density at radius 1 is 0.667 bits per heavy atom. The van der Waals surface area contributed by atoms with Crippen molar-refractivity contribution >= 4 is 0 Å². The van der Waals surface area contributed by atoms with Gasteiger partial charge in [0.15, 0.2) is 0 Å². The maximum Gasteiger partial charge on any atom is 0.0868 e. The summed E-state index contributed by atoms with van der Waals surface area (Å²) in [6.45, 7) is 3.67. The third kappa shape index (κ3) is 4.16. The van der Waals surface area contributed by atoms with E-state index in [4.69, 9.17) is 0 Å². The highest BCUT2D eigenvalue weighted by Gasteiger charge is 2.26. The molecule has 0 spiro atoms. The lowest BCUT2D eigenvalue weighted by Crippen LogP contribution is -2.25. The fraction of sp³-hybridized carbons (Fsp3) is 0.368. The van der Waals surface area contributed by atoms with Gasteiger partial charge in [0.2, 0.25) is 0 Å². The largest absolute Gasteiger partial charge is 0.385 e. The van der Waals surface area contributed by atoms with E-state index in [1.54, 1.807) is 0 Å². The molecule has 0 saturated carbocycles. The molecule has 0 aliphatic rings. The van der Waals surface area contributed by atoms with Gasteiger partial charge in [-0.15, -0.1) is 0 Å². The van der Waals surface area contributed by atoms with Crippen LogP contribution in [0.15, 0.2) is 60.7 Å². The average Bonchev–Trinajstić information content (AvgIpc) is 2.49. The highest BCUT2D eigenvalue weighted by molar-refractivity contribution is 5.22. The summed E-state index contributed by atoms with van der Waals surface area (Å²) in [6, 6.07) is 19.4. The molecule has 2 unspecified atom stereocenters. The Labute approximate surface area is 127 Å². The predicted octanol–water partition coefficient (Wildman–Crippen LogP) is 3.97. The smallest absolute Gasteiger partial charge is 0.0868 e. The van der Waals surface area contributed by atoms with E-state index in [0.29, 0.717) is 12.8 Å². The fourth-order valence-electron chi connectivity index (χ4n) is 2.66. The van der Waals surface area contributed by atoms with Gasteiger partial charge in [-0.05, 0) is 44.2 Å². The minimum absolute atomic E-state index is 0.625. The van der Waals surface area contributed by atoms with Gasteiger partial charge in [0.05, 0.1) is 11.2 Å². The maximum atomic E-state index is 10.6. The molecule has 0 heterocycles. The number of benzene rings is 2. The van der Waals surface area contributed by atoms with Crippen LogP contribution in [0.4, 0.5) is 0 Å². The van der Waals surface area contributed by atoms with Crippen LogP contribution in [-0.4, -0.2) is 10.2 Å². The monoisotopic (exact) mass is 284 g/mol. The summed E-state index contributed by atoms with van der Waals surface area (Å²) in [7, 11) is 0. The van der Waals surface area contributed by atoms with Crippen LogP contribution in [0.2, 0.25) is 0 Å². The van der Waals surface area contributed by atoms with E-state index >= 15 is 0 Å². The molecule has 0 saturated heterocycles. The molecule has 2 aromatic carbocycles. The molecule has 2 heteroatoms. The van der Waals surface area contributed by atoms with Crippen LogP contribution in [-0.2, 0) is 11.2 Å². The van der Waals surface area contributed by atoms with Gasteiger partial charge in [-0.3, -0.25) is 0 Å². The minimum Gasteiger partial charge on any atom is -0.385 e. The molecule has 0 aromatic heterocycles. The highest BCUT2D eigenvalue weighted by atomic mass is 16.3. The van der Waals surface area contributed by atoms with Crippen molar-refractivity contribution in [2.45, 2.75) is 44.3 Å². The fourth-order valence-corrected chi connectivity index (χ4v) is 2.66. The van der Waals surface area contributed by atoms with Gasteiger partial charge in [-0.2, -0.15) is 0 Å². The molecule has 2 nitrogen and oxygen atoms in total. The van der Waals surface area contributed by atoms with E-state index in [9.17, 15) is 10.2 Å². The zero-order chi connectivity index (χ0) is 15.3. The highest BCUT2D eigenvalue weighted by Crippen LogP contribution is 2.31. The Morgan fingerprint density at radius 3 is 1.33 bits per heavy atom. The second kappa shape index (κ2) is 6.42. The molecule has 21 heavy (non-hydrogen) atoms. The number of rotatable bonds is 6. The Kier molecular flexibility index (Phi) is 4.81. The van der Waals surface area contributed by atoms with Crippen LogP contribution in [0, 0.1) is 0 Å². The molecule has 0 aliphatic heterocycles. The van der Waals surface area contributed by atoms with Crippen LogP contribution in [0.3, 0.4) is 0 Å². The quantitative estimate of drug-likeness (QED) is 0.842. The predicted molar refractivity (Wildman–Crippen MR) is 85.9 cm³/mol. The Balaban J connectivity index is 1.95. The molecular weight excluding hydrogens is 260 g/mol. The molecule has 0 radical (unpaired) electrons. The lowest BCUT2D eigenvalue weighted by atomic mass is 9.85. The first-order valence-corrected chi connectivity index (χ1v) is 7.48. The van der Waals surface area contributed by atoms with Gasteiger partial charge in [0, 0.05) is 0 Å². The van der Waals surface area contributed by atoms with Crippen LogP contribution in [0.25, 0.3) is 0 Å². The van der Waals surface area contributed by atoms with Crippen molar-refractivity contribution in [3.05, 3.63) is 71.8 Å². The molecule has 2 aromatic rings. The number of aliphatic hydroxyl groups is 2. The van der Waals surface area contributed by atoms with Crippen LogP contribution in [0.5, 0.6) is 0 Å². The Bertz CT molecular complexity index is 493. The topological polar surface area (TPSA) is 40.5 Å². The molecule has 2 rings (SSSR count). The molecule has 0 amide bonds. The van der Waals surface area contributed by atoms with Crippen molar-refractivity contribution < 1.29 is 10.2 Å². The Morgan fingerprint density at radius 2 is 1.00 bits per heavy atom. The SMILES string of the molecule is CC(O)(CCCC(C)(O)c1ccccc1)c1ccccc1. The van der Waals surface area contributed by atoms with Crippen molar-refractivity contribution in [3.63, 3.8) is 0 Å². The third-order valence-electron chi connectivity index (χ3n) is 4.12. The number of hydrogen-bond acceptors (Lipinski definition) is 2. The summed E-state index contributed by atoms with van der Waals surface area (Å²) in [5, 5.41) is 21.1. The van der Waals surface area contributed by atoms with Crippen molar-refractivity contribution in [2.75, 3.05) is 0 Å². The van der Waals surface area contributed by atoms with Crippen molar-refractivity contribution in [1.82, 2.24) is 0 Å². The first-order valence-electron chi connectivity index (χ1n) is 7.48.